The predicted octanol–water partition coefficient (Wildman–Crippen LogP) is 2.38. The third kappa shape index (κ3) is 7.68. The molecule has 2 aliphatic rings. The molecule has 12 heteroatoms. The lowest BCUT2D eigenvalue weighted by Crippen LogP contribution is -2.52. The summed E-state index contributed by atoms with van der Waals surface area (Å²) >= 11 is 0. The van der Waals surface area contributed by atoms with E-state index in [2.05, 4.69) is 5.32 Å². The molecular formula is C21H30F3N3O5S. The van der Waals surface area contributed by atoms with Gasteiger partial charge in [-0.05, 0) is 31.4 Å². The van der Waals surface area contributed by atoms with Crippen molar-refractivity contribution in [2.24, 2.45) is 0 Å². The Kier molecular flexibility index (Phi) is 9.68. The Morgan fingerprint density at radius 3 is 2.18 bits per heavy atom. The Bertz CT molecular complexity index is 912. The van der Waals surface area contributed by atoms with Crippen LogP contribution in [0.15, 0.2) is 29.2 Å². The first-order valence-electron chi connectivity index (χ1n) is 10.8. The lowest BCUT2D eigenvalue weighted by molar-refractivity contribution is -0.192. The number of benzene rings is 1. The summed E-state index contributed by atoms with van der Waals surface area (Å²) in [6, 6.07) is 6.96. The van der Waals surface area contributed by atoms with E-state index in [1.165, 1.54) is 4.31 Å². The standard InChI is InChI=1S/C19H29N3O3S.C2HF3O2/c1-16-7-5-6-10-18(16)26(24,25)22(17-8-3-2-4-9-17)15-19(23)21-13-11-20-12-14-21;3-2(4,5)1(6)7/h5-7,10,17,20H,2-4,8-9,11-15H2,1H3;(H,6,7). The van der Waals surface area contributed by atoms with Crippen LogP contribution >= 0.6 is 0 Å². The largest absolute Gasteiger partial charge is 0.490 e. The van der Waals surface area contributed by atoms with Crippen molar-refractivity contribution in [1.29, 1.82) is 0 Å². The molecule has 0 radical (unpaired) electrons. The summed E-state index contributed by atoms with van der Waals surface area (Å²) in [5.74, 6) is -2.85. The minimum atomic E-state index is -5.08. The van der Waals surface area contributed by atoms with E-state index >= 15 is 0 Å². The SMILES string of the molecule is Cc1ccccc1S(=O)(=O)N(CC(=O)N1CCNCC1)C1CCCCC1.O=C(O)C(F)(F)F. The zero-order chi connectivity index (χ0) is 24.6. The number of halogens is 3. The first-order valence-corrected chi connectivity index (χ1v) is 12.2. The fourth-order valence-corrected chi connectivity index (χ4v) is 5.76. The highest BCUT2D eigenvalue weighted by molar-refractivity contribution is 7.89. The predicted molar refractivity (Wildman–Crippen MR) is 115 cm³/mol. The highest BCUT2D eigenvalue weighted by Gasteiger charge is 2.38. The number of alkyl halides is 3. The smallest absolute Gasteiger partial charge is 0.475 e. The van der Waals surface area contributed by atoms with Crippen molar-refractivity contribution in [2.75, 3.05) is 32.7 Å². The van der Waals surface area contributed by atoms with Gasteiger partial charge in [-0.25, -0.2) is 13.2 Å². The number of carbonyl (C=O) groups is 2. The number of carbonyl (C=O) groups excluding carboxylic acids is 1. The number of sulfonamides is 1. The molecule has 8 nitrogen and oxygen atoms in total. The zero-order valence-corrected chi connectivity index (χ0v) is 19.3. The molecular weight excluding hydrogens is 463 g/mol. The van der Waals surface area contributed by atoms with E-state index in [1.54, 1.807) is 17.0 Å². The van der Waals surface area contributed by atoms with Crippen LogP contribution in [0.2, 0.25) is 0 Å². The van der Waals surface area contributed by atoms with Crippen molar-refractivity contribution < 1.29 is 36.3 Å². The number of nitrogens with one attached hydrogen (secondary N) is 1. The molecule has 1 aliphatic heterocycles. The molecule has 2 N–H and O–H groups in total. The third-order valence-corrected chi connectivity index (χ3v) is 7.72. The van der Waals surface area contributed by atoms with E-state index in [0.717, 1.165) is 50.8 Å². The quantitative estimate of drug-likeness (QED) is 0.652. The molecule has 0 unspecified atom stereocenters. The van der Waals surface area contributed by atoms with Crippen LogP contribution in [-0.4, -0.2) is 79.5 Å². The maximum Gasteiger partial charge on any atom is 0.490 e. The second kappa shape index (κ2) is 11.8. The van der Waals surface area contributed by atoms with Gasteiger partial charge < -0.3 is 15.3 Å². The Morgan fingerprint density at radius 2 is 1.67 bits per heavy atom. The Hall–Kier alpha value is -2.18. The Morgan fingerprint density at radius 1 is 1.12 bits per heavy atom. The Balaban J connectivity index is 0.000000479. The lowest BCUT2D eigenvalue weighted by Gasteiger charge is -2.35. The van der Waals surface area contributed by atoms with Crippen LogP contribution in [0.25, 0.3) is 0 Å². The van der Waals surface area contributed by atoms with Crippen molar-refractivity contribution >= 4 is 21.9 Å². The van der Waals surface area contributed by atoms with Gasteiger partial charge in [-0.15, -0.1) is 0 Å². The first kappa shape index (κ1) is 27.1. The molecule has 1 aromatic rings. The van der Waals surface area contributed by atoms with Crippen molar-refractivity contribution in [3.8, 4) is 0 Å². The van der Waals surface area contributed by atoms with E-state index in [9.17, 15) is 26.4 Å². The van der Waals surface area contributed by atoms with Crippen molar-refractivity contribution in [3.05, 3.63) is 29.8 Å². The monoisotopic (exact) mass is 493 g/mol. The number of nitrogens with zero attached hydrogens (tertiary/aromatic N) is 2. The molecule has 0 atom stereocenters. The minimum absolute atomic E-state index is 0.0542. The van der Waals surface area contributed by atoms with Crippen molar-refractivity contribution in [1.82, 2.24) is 14.5 Å². The van der Waals surface area contributed by atoms with Crippen LogP contribution in [0, 0.1) is 6.92 Å². The number of aryl methyl sites for hydroxylation is 1. The fraction of sp³-hybridized carbons (Fsp3) is 0.619. The minimum Gasteiger partial charge on any atom is -0.475 e. The molecule has 0 spiro atoms. The normalized spacial score (nSPS) is 17.9. The molecule has 2 fully saturated rings. The topological polar surface area (TPSA) is 107 Å². The molecule has 0 aromatic heterocycles. The van der Waals surface area contributed by atoms with E-state index in [4.69, 9.17) is 9.90 Å². The number of aliphatic carboxylic acids is 1. The molecule has 186 valence electrons. The maximum absolute atomic E-state index is 13.4. The summed E-state index contributed by atoms with van der Waals surface area (Å²) in [6.07, 6.45) is -0.237. The van der Waals surface area contributed by atoms with E-state index in [0.29, 0.717) is 18.0 Å². The summed E-state index contributed by atoms with van der Waals surface area (Å²) in [5, 5.41) is 10.3. The number of hydrogen-bond acceptors (Lipinski definition) is 5. The van der Waals surface area contributed by atoms with Gasteiger partial charge in [-0.2, -0.15) is 17.5 Å². The van der Waals surface area contributed by atoms with Crippen LogP contribution < -0.4 is 5.32 Å². The molecule has 1 aliphatic carbocycles. The molecule has 1 heterocycles. The van der Waals surface area contributed by atoms with Gasteiger partial charge in [0.05, 0.1) is 11.4 Å². The van der Waals surface area contributed by atoms with Crippen molar-refractivity contribution in [2.45, 2.75) is 56.1 Å². The van der Waals surface area contributed by atoms with Gasteiger partial charge in [0.25, 0.3) is 0 Å². The fourth-order valence-electron chi connectivity index (χ4n) is 3.90. The summed E-state index contributed by atoms with van der Waals surface area (Å²) in [7, 11) is -3.69. The van der Waals surface area contributed by atoms with Crippen LogP contribution in [-0.2, 0) is 19.6 Å². The van der Waals surface area contributed by atoms with E-state index in [1.807, 2.05) is 19.1 Å². The van der Waals surface area contributed by atoms with Gasteiger partial charge in [0.15, 0.2) is 0 Å². The summed E-state index contributed by atoms with van der Waals surface area (Å²) in [4.78, 5) is 23.8. The molecule has 1 saturated heterocycles. The average molecular weight is 494 g/mol. The number of carboxylic acid groups (broad SMARTS) is 1. The number of amides is 1. The highest BCUT2D eigenvalue weighted by atomic mass is 32.2. The molecule has 1 aromatic carbocycles. The third-order valence-electron chi connectivity index (χ3n) is 5.67. The molecule has 0 bridgehead atoms. The second-order valence-electron chi connectivity index (χ2n) is 8.04. The van der Waals surface area contributed by atoms with Gasteiger partial charge in [-0.3, -0.25) is 4.79 Å². The summed E-state index contributed by atoms with van der Waals surface area (Å²) in [5.41, 5.74) is 0.725. The van der Waals surface area contributed by atoms with Gasteiger partial charge in [0.1, 0.15) is 0 Å². The molecule has 1 saturated carbocycles. The number of piperazine rings is 1. The van der Waals surface area contributed by atoms with E-state index in [-0.39, 0.29) is 18.5 Å². The van der Waals surface area contributed by atoms with Crippen LogP contribution in [0.3, 0.4) is 0 Å². The molecule has 33 heavy (non-hydrogen) atoms. The maximum atomic E-state index is 13.4. The molecule has 1 amide bonds. The van der Waals surface area contributed by atoms with Crippen LogP contribution in [0.4, 0.5) is 13.2 Å². The molecule has 3 rings (SSSR count). The Labute approximate surface area is 191 Å². The van der Waals surface area contributed by atoms with Crippen LogP contribution in [0.5, 0.6) is 0 Å². The number of rotatable bonds is 5. The van der Waals surface area contributed by atoms with Gasteiger partial charge >= 0.3 is 12.1 Å². The summed E-state index contributed by atoms with van der Waals surface area (Å²) < 4.78 is 60.0. The first-order chi connectivity index (χ1) is 15.4. The average Bonchev–Trinajstić information content (AvgIpc) is 2.78. The van der Waals surface area contributed by atoms with Gasteiger partial charge in [-0.1, -0.05) is 37.5 Å². The zero-order valence-electron chi connectivity index (χ0n) is 18.5. The number of carboxylic acids is 1. The van der Waals surface area contributed by atoms with Crippen LogP contribution in [0.1, 0.15) is 37.7 Å². The highest BCUT2D eigenvalue weighted by Crippen LogP contribution is 2.29. The van der Waals surface area contributed by atoms with E-state index < -0.39 is 22.2 Å². The second-order valence-corrected chi connectivity index (χ2v) is 9.90. The van der Waals surface area contributed by atoms with Crippen molar-refractivity contribution in [3.63, 3.8) is 0 Å². The number of hydrogen-bond donors (Lipinski definition) is 2. The van der Waals surface area contributed by atoms with Gasteiger partial charge in [0.2, 0.25) is 15.9 Å². The summed E-state index contributed by atoms with van der Waals surface area (Å²) in [6.45, 7) is 4.56. The lowest BCUT2D eigenvalue weighted by atomic mass is 9.95. The van der Waals surface area contributed by atoms with Gasteiger partial charge in [0, 0.05) is 32.2 Å².